The summed E-state index contributed by atoms with van der Waals surface area (Å²) in [5.41, 5.74) is 0.785. The first-order valence-corrected chi connectivity index (χ1v) is 5.42. The molecule has 0 unspecified atom stereocenters. The van der Waals surface area contributed by atoms with Crippen LogP contribution in [0.2, 0.25) is 0 Å². The van der Waals surface area contributed by atoms with Crippen molar-refractivity contribution in [3.05, 3.63) is 28.2 Å². The van der Waals surface area contributed by atoms with Gasteiger partial charge < -0.3 is 10.1 Å². The predicted molar refractivity (Wildman–Crippen MR) is 63.0 cm³/mol. The quantitative estimate of drug-likeness (QED) is 0.854. The molecule has 4 nitrogen and oxygen atoms in total. The molecule has 0 aliphatic heterocycles. The Balaban J connectivity index is 2.76. The Morgan fingerprint density at radius 2 is 2.38 bits per heavy atom. The van der Waals surface area contributed by atoms with Crippen LogP contribution < -0.4 is 10.1 Å². The number of rotatable bonds is 4. The van der Waals surface area contributed by atoms with E-state index in [4.69, 9.17) is 10.00 Å². The molecular weight excluding hydrogens is 272 g/mol. The largest absolute Gasteiger partial charge is 0.496 e. The zero-order chi connectivity index (χ0) is 12.0. The Hall–Kier alpha value is -1.54. The van der Waals surface area contributed by atoms with E-state index in [1.165, 1.54) is 0 Å². The minimum Gasteiger partial charge on any atom is -0.496 e. The van der Waals surface area contributed by atoms with E-state index >= 15 is 0 Å². The molecule has 0 aliphatic carbocycles. The van der Waals surface area contributed by atoms with Crippen LogP contribution in [0, 0.1) is 11.3 Å². The van der Waals surface area contributed by atoms with Crippen LogP contribution in [-0.4, -0.2) is 19.6 Å². The average Bonchev–Trinajstić information content (AvgIpc) is 2.27. The van der Waals surface area contributed by atoms with Gasteiger partial charge in [0.25, 0.3) is 0 Å². The van der Waals surface area contributed by atoms with Crippen molar-refractivity contribution in [1.82, 2.24) is 5.32 Å². The van der Waals surface area contributed by atoms with Gasteiger partial charge in [0.15, 0.2) is 0 Å². The first kappa shape index (κ1) is 12.5. The monoisotopic (exact) mass is 282 g/mol. The molecule has 0 saturated heterocycles. The fraction of sp³-hybridized carbons (Fsp3) is 0.273. The van der Waals surface area contributed by atoms with Crippen molar-refractivity contribution in [3.63, 3.8) is 0 Å². The third-order valence-corrected chi connectivity index (χ3v) is 2.45. The van der Waals surface area contributed by atoms with Crippen molar-refractivity contribution in [2.45, 2.75) is 6.42 Å². The van der Waals surface area contributed by atoms with E-state index in [1.807, 2.05) is 18.2 Å². The summed E-state index contributed by atoms with van der Waals surface area (Å²) in [6, 6.07) is 7.31. The summed E-state index contributed by atoms with van der Waals surface area (Å²) in [6.45, 7) is 0.0230. The van der Waals surface area contributed by atoms with Crippen LogP contribution >= 0.6 is 15.9 Å². The Morgan fingerprint density at radius 3 is 3.00 bits per heavy atom. The molecule has 0 saturated carbocycles. The second-order valence-electron chi connectivity index (χ2n) is 3.07. The van der Waals surface area contributed by atoms with Crippen molar-refractivity contribution >= 4 is 21.8 Å². The van der Waals surface area contributed by atoms with Crippen LogP contribution in [-0.2, 0) is 11.2 Å². The van der Waals surface area contributed by atoms with Gasteiger partial charge in [0.2, 0.25) is 5.91 Å². The summed E-state index contributed by atoms with van der Waals surface area (Å²) >= 11 is 3.33. The van der Waals surface area contributed by atoms with E-state index in [0.717, 1.165) is 10.0 Å². The van der Waals surface area contributed by atoms with Gasteiger partial charge in [-0.25, -0.2) is 0 Å². The van der Waals surface area contributed by atoms with Crippen LogP contribution in [0.4, 0.5) is 0 Å². The van der Waals surface area contributed by atoms with Crippen molar-refractivity contribution in [2.75, 3.05) is 13.7 Å². The van der Waals surface area contributed by atoms with Crippen molar-refractivity contribution < 1.29 is 9.53 Å². The van der Waals surface area contributed by atoms with Crippen LogP contribution in [0.25, 0.3) is 0 Å². The van der Waals surface area contributed by atoms with Gasteiger partial charge in [0, 0.05) is 10.0 Å². The van der Waals surface area contributed by atoms with E-state index in [9.17, 15) is 4.79 Å². The third-order valence-electron chi connectivity index (χ3n) is 1.96. The van der Waals surface area contributed by atoms with E-state index < -0.39 is 0 Å². The summed E-state index contributed by atoms with van der Waals surface area (Å²) in [7, 11) is 1.56. The minimum absolute atomic E-state index is 0.0230. The van der Waals surface area contributed by atoms with Crippen LogP contribution in [0.15, 0.2) is 22.7 Å². The summed E-state index contributed by atoms with van der Waals surface area (Å²) in [4.78, 5) is 11.4. The highest BCUT2D eigenvalue weighted by atomic mass is 79.9. The molecule has 16 heavy (non-hydrogen) atoms. The molecule has 0 fully saturated rings. The lowest BCUT2D eigenvalue weighted by molar-refractivity contribution is -0.120. The standard InChI is InChI=1S/C11H11BrN2O2/c1-16-10-3-2-9(12)6-8(10)7-11(15)14-5-4-13/h2-3,6H,5,7H2,1H3,(H,14,15). The molecule has 0 atom stereocenters. The number of carbonyl (C=O) groups excluding carboxylic acids is 1. The fourth-order valence-corrected chi connectivity index (χ4v) is 1.67. The molecule has 0 aliphatic rings. The highest BCUT2D eigenvalue weighted by molar-refractivity contribution is 9.10. The smallest absolute Gasteiger partial charge is 0.225 e. The summed E-state index contributed by atoms with van der Waals surface area (Å²) in [5.74, 6) is 0.466. The van der Waals surface area contributed by atoms with Gasteiger partial charge >= 0.3 is 0 Å². The lowest BCUT2D eigenvalue weighted by Crippen LogP contribution is -2.25. The molecule has 0 heterocycles. The molecule has 84 valence electrons. The van der Waals surface area contributed by atoms with E-state index in [0.29, 0.717) is 5.75 Å². The van der Waals surface area contributed by atoms with Gasteiger partial charge in [-0.3, -0.25) is 4.79 Å². The molecule has 1 aromatic rings. The molecule has 5 heteroatoms. The molecule has 0 spiro atoms. The molecule has 1 rings (SSSR count). The minimum atomic E-state index is -0.196. The second-order valence-corrected chi connectivity index (χ2v) is 3.98. The number of ether oxygens (including phenoxy) is 1. The highest BCUT2D eigenvalue weighted by Gasteiger charge is 2.08. The maximum atomic E-state index is 11.4. The highest BCUT2D eigenvalue weighted by Crippen LogP contribution is 2.23. The lowest BCUT2D eigenvalue weighted by Gasteiger charge is -2.08. The number of halogens is 1. The number of methoxy groups -OCH3 is 1. The number of amides is 1. The Labute approximate surface area is 102 Å². The number of carbonyl (C=O) groups is 1. The maximum Gasteiger partial charge on any atom is 0.225 e. The van der Waals surface area contributed by atoms with Crippen LogP contribution in [0.5, 0.6) is 5.75 Å². The normalized spacial score (nSPS) is 9.31. The van der Waals surface area contributed by atoms with Gasteiger partial charge in [-0.1, -0.05) is 15.9 Å². The number of nitrogens with one attached hydrogen (secondary N) is 1. The van der Waals surface area contributed by atoms with Gasteiger partial charge in [-0.15, -0.1) is 0 Å². The van der Waals surface area contributed by atoms with Crippen molar-refractivity contribution in [3.8, 4) is 11.8 Å². The number of hydrogen-bond donors (Lipinski definition) is 1. The van der Waals surface area contributed by atoms with E-state index in [1.54, 1.807) is 13.2 Å². The lowest BCUT2D eigenvalue weighted by atomic mass is 10.1. The van der Waals surface area contributed by atoms with Gasteiger partial charge in [0.05, 0.1) is 19.6 Å². The number of benzene rings is 1. The van der Waals surface area contributed by atoms with Gasteiger partial charge in [0.1, 0.15) is 12.3 Å². The van der Waals surface area contributed by atoms with Crippen molar-refractivity contribution in [2.24, 2.45) is 0 Å². The van der Waals surface area contributed by atoms with Crippen LogP contribution in [0.1, 0.15) is 5.56 Å². The fourth-order valence-electron chi connectivity index (χ4n) is 1.26. The molecule has 0 bridgehead atoms. The number of hydrogen-bond acceptors (Lipinski definition) is 3. The van der Waals surface area contributed by atoms with E-state index in [-0.39, 0.29) is 18.9 Å². The van der Waals surface area contributed by atoms with Crippen molar-refractivity contribution in [1.29, 1.82) is 5.26 Å². The van der Waals surface area contributed by atoms with Crippen LogP contribution in [0.3, 0.4) is 0 Å². The second kappa shape index (κ2) is 6.13. The summed E-state index contributed by atoms with van der Waals surface area (Å²) in [5, 5.41) is 10.8. The summed E-state index contributed by atoms with van der Waals surface area (Å²) < 4.78 is 6.03. The number of nitrogens with zero attached hydrogens (tertiary/aromatic N) is 1. The first-order valence-electron chi connectivity index (χ1n) is 4.63. The third kappa shape index (κ3) is 3.55. The molecule has 1 amide bonds. The summed E-state index contributed by atoms with van der Waals surface area (Å²) in [6.07, 6.45) is 0.199. The molecular formula is C11H11BrN2O2. The first-order chi connectivity index (χ1) is 7.67. The average molecular weight is 283 g/mol. The molecule has 0 aromatic heterocycles. The molecule has 1 N–H and O–H groups in total. The predicted octanol–water partition coefficient (Wildman–Crippen LogP) is 1.64. The van der Waals surface area contributed by atoms with Gasteiger partial charge in [-0.05, 0) is 18.2 Å². The molecule has 1 aromatic carbocycles. The Kier molecular flexibility index (Phi) is 4.80. The Morgan fingerprint density at radius 1 is 1.62 bits per heavy atom. The van der Waals surface area contributed by atoms with Gasteiger partial charge in [-0.2, -0.15) is 5.26 Å². The topological polar surface area (TPSA) is 62.1 Å². The molecule has 0 radical (unpaired) electrons. The number of nitriles is 1. The zero-order valence-corrected chi connectivity index (χ0v) is 10.4. The SMILES string of the molecule is COc1ccc(Br)cc1CC(=O)NCC#N. The zero-order valence-electron chi connectivity index (χ0n) is 8.79. The Bertz CT molecular complexity index is 426. The van der Waals surface area contributed by atoms with E-state index in [2.05, 4.69) is 21.2 Å². The maximum absolute atomic E-state index is 11.4.